The Kier molecular flexibility index (Phi) is 8.91. The molecule has 2 rings (SSSR count). The van der Waals surface area contributed by atoms with Crippen LogP contribution in [0.4, 0.5) is 0 Å². The first kappa shape index (κ1) is 22.3. The van der Waals surface area contributed by atoms with Crippen molar-refractivity contribution in [3.63, 3.8) is 0 Å². The van der Waals surface area contributed by atoms with E-state index in [4.69, 9.17) is 4.74 Å². The van der Waals surface area contributed by atoms with Crippen LogP contribution in [0.15, 0.2) is 60.7 Å². The van der Waals surface area contributed by atoms with Gasteiger partial charge in [-0.1, -0.05) is 60.7 Å². The number of benzene rings is 2. The highest BCUT2D eigenvalue weighted by atomic mass is 32.3. The fourth-order valence-electron chi connectivity index (χ4n) is 2.08. The van der Waals surface area contributed by atoms with Crippen molar-refractivity contribution in [2.75, 3.05) is 41.4 Å². The normalized spacial score (nSPS) is 11.8. The first-order chi connectivity index (χ1) is 12.1. The lowest BCUT2D eigenvalue weighted by Gasteiger charge is -2.26. The molecular formula is C19H27NO5S. The topological polar surface area (TPSA) is 75.7 Å². The smallest absolute Gasteiger partial charge is 0.217 e. The van der Waals surface area contributed by atoms with E-state index in [0.29, 0.717) is 0 Å². The SMILES string of the molecule is COS(=O)(=O)[O-].C[N+](C)(C)CCOC(c1ccccc1)c1ccccc1. The van der Waals surface area contributed by atoms with Gasteiger partial charge in [-0.05, 0) is 11.1 Å². The van der Waals surface area contributed by atoms with Gasteiger partial charge in [-0.25, -0.2) is 8.42 Å². The molecule has 0 aliphatic carbocycles. The van der Waals surface area contributed by atoms with Gasteiger partial charge in [0.05, 0.1) is 34.9 Å². The first-order valence-corrected chi connectivity index (χ1v) is 9.49. The second-order valence-corrected chi connectivity index (χ2v) is 7.81. The van der Waals surface area contributed by atoms with Crippen LogP contribution >= 0.6 is 0 Å². The van der Waals surface area contributed by atoms with E-state index < -0.39 is 10.4 Å². The fraction of sp³-hybridized carbons (Fsp3) is 0.368. The molecule has 0 aliphatic rings. The highest BCUT2D eigenvalue weighted by Gasteiger charge is 2.16. The number of rotatable bonds is 7. The minimum absolute atomic E-state index is 0.0175. The lowest BCUT2D eigenvalue weighted by atomic mass is 10.0. The van der Waals surface area contributed by atoms with E-state index in [2.05, 4.69) is 73.9 Å². The summed E-state index contributed by atoms with van der Waals surface area (Å²) in [5, 5.41) is 0. The summed E-state index contributed by atoms with van der Waals surface area (Å²) in [5.41, 5.74) is 2.42. The van der Waals surface area contributed by atoms with E-state index >= 15 is 0 Å². The molecule has 2 aromatic rings. The van der Waals surface area contributed by atoms with E-state index in [1.165, 1.54) is 11.1 Å². The Bertz CT molecular complexity index is 688. The average molecular weight is 381 g/mol. The molecule has 144 valence electrons. The van der Waals surface area contributed by atoms with Crippen molar-refractivity contribution in [3.05, 3.63) is 71.8 Å². The Morgan fingerprint density at radius 1 is 0.923 bits per heavy atom. The molecule has 0 amide bonds. The molecule has 0 atom stereocenters. The molecule has 0 saturated carbocycles. The third-order valence-corrected chi connectivity index (χ3v) is 3.86. The lowest BCUT2D eigenvalue weighted by Crippen LogP contribution is -2.37. The average Bonchev–Trinajstić information content (AvgIpc) is 2.59. The molecule has 0 unspecified atom stereocenters. The standard InChI is InChI=1S/C18H24NO.CH4O4S/c1-19(2,3)14-15-20-18(16-10-6-4-7-11-16)17-12-8-5-9-13-17;1-5-6(2,3)4/h4-13,18H,14-15H2,1-3H3;1H3,(H,2,3,4)/q+1;/p-1. The molecule has 0 N–H and O–H groups in total. The van der Waals surface area contributed by atoms with Gasteiger partial charge < -0.3 is 13.8 Å². The van der Waals surface area contributed by atoms with Crippen molar-refractivity contribution in [2.24, 2.45) is 0 Å². The molecule has 7 heteroatoms. The number of ether oxygens (including phenoxy) is 1. The molecule has 6 nitrogen and oxygen atoms in total. The molecule has 2 aromatic carbocycles. The minimum atomic E-state index is -4.41. The predicted octanol–water partition coefficient (Wildman–Crippen LogP) is 2.59. The molecule has 0 aliphatic heterocycles. The van der Waals surface area contributed by atoms with Crippen LogP contribution in [0.25, 0.3) is 0 Å². The zero-order valence-electron chi connectivity index (χ0n) is 15.7. The van der Waals surface area contributed by atoms with Crippen molar-refractivity contribution in [1.82, 2.24) is 0 Å². The quantitative estimate of drug-likeness (QED) is 0.419. The monoisotopic (exact) mass is 381 g/mol. The lowest BCUT2D eigenvalue weighted by molar-refractivity contribution is -0.870. The predicted molar refractivity (Wildman–Crippen MR) is 100 cm³/mol. The van der Waals surface area contributed by atoms with Crippen LogP contribution in [0, 0.1) is 0 Å². The van der Waals surface area contributed by atoms with Gasteiger partial charge in [-0.3, -0.25) is 4.18 Å². The Hall–Kier alpha value is -1.77. The van der Waals surface area contributed by atoms with Gasteiger partial charge >= 0.3 is 0 Å². The molecule has 0 aromatic heterocycles. The first-order valence-electron chi connectivity index (χ1n) is 8.16. The van der Waals surface area contributed by atoms with E-state index in [1.54, 1.807) is 0 Å². The van der Waals surface area contributed by atoms with Crippen LogP contribution in [0.5, 0.6) is 0 Å². The van der Waals surface area contributed by atoms with Gasteiger partial charge in [-0.2, -0.15) is 0 Å². The molecule has 0 fully saturated rings. The molecule has 0 heterocycles. The molecule has 0 radical (unpaired) electrons. The second kappa shape index (κ2) is 10.4. The number of nitrogens with zero attached hydrogens (tertiary/aromatic N) is 1. The Labute approximate surface area is 156 Å². The number of quaternary nitrogens is 1. The van der Waals surface area contributed by atoms with Crippen molar-refractivity contribution in [3.8, 4) is 0 Å². The van der Waals surface area contributed by atoms with Gasteiger partial charge in [0.1, 0.15) is 12.6 Å². The van der Waals surface area contributed by atoms with Gasteiger partial charge in [-0.15, -0.1) is 0 Å². The second-order valence-electron chi connectivity index (χ2n) is 6.66. The van der Waals surface area contributed by atoms with Gasteiger partial charge in [0.2, 0.25) is 10.4 Å². The maximum absolute atomic E-state index is 9.22. The summed E-state index contributed by atoms with van der Waals surface area (Å²) >= 11 is 0. The van der Waals surface area contributed by atoms with Crippen LogP contribution in [0.1, 0.15) is 17.2 Å². The van der Waals surface area contributed by atoms with Gasteiger partial charge in [0.15, 0.2) is 0 Å². The Morgan fingerprint density at radius 2 is 1.31 bits per heavy atom. The molecule has 0 saturated heterocycles. The van der Waals surface area contributed by atoms with Crippen LogP contribution in [0.3, 0.4) is 0 Å². The summed E-state index contributed by atoms with van der Waals surface area (Å²) in [6.45, 7) is 1.74. The molecule has 0 bridgehead atoms. The Morgan fingerprint density at radius 3 is 1.62 bits per heavy atom. The summed E-state index contributed by atoms with van der Waals surface area (Å²) in [5.74, 6) is 0. The van der Waals surface area contributed by atoms with Gasteiger partial charge in [0.25, 0.3) is 0 Å². The maximum Gasteiger partial charge on any atom is 0.217 e. The van der Waals surface area contributed by atoms with Crippen LogP contribution < -0.4 is 0 Å². The summed E-state index contributed by atoms with van der Waals surface area (Å²) < 4.78 is 38.1. The zero-order valence-corrected chi connectivity index (χ0v) is 16.5. The van der Waals surface area contributed by atoms with E-state index in [-0.39, 0.29) is 6.10 Å². The third-order valence-electron chi connectivity index (χ3n) is 3.46. The highest BCUT2D eigenvalue weighted by molar-refractivity contribution is 7.80. The fourth-order valence-corrected chi connectivity index (χ4v) is 2.08. The highest BCUT2D eigenvalue weighted by Crippen LogP contribution is 2.25. The molecule has 0 spiro atoms. The van der Waals surface area contributed by atoms with Crippen LogP contribution in [-0.4, -0.2) is 58.9 Å². The summed E-state index contributed by atoms with van der Waals surface area (Å²) in [6.07, 6.45) is 0.0175. The van der Waals surface area contributed by atoms with Crippen molar-refractivity contribution >= 4 is 10.4 Å². The molecule has 26 heavy (non-hydrogen) atoms. The number of hydrogen-bond donors (Lipinski definition) is 0. The van der Waals surface area contributed by atoms with E-state index in [1.807, 2.05) is 12.1 Å². The zero-order chi connectivity index (χ0) is 19.6. The molecular weight excluding hydrogens is 354 g/mol. The van der Waals surface area contributed by atoms with Crippen molar-refractivity contribution < 1.29 is 26.4 Å². The van der Waals surface area contributed by atoms with Gasteiger partial charge in [0, 0.05) is 0 Å². The van der Waals surface area contributed by atoms with Crippen molar-refractivity contribution in [1.29, 1.82) is 0 Å². The third kappa shape index (κ3) is 9.65. The van der Waals surface area contributed by atoms with Crippen LogP contribution in [0.2, 0.25) is 0 Å². The number of hydrogen-bond acceptors (Lipinski definition) is 5. The van der Waals surface area contributed by atoms with Crippen molar-refractivity contribution in [2.45, 2.75) is 6.10 Å². The van der Waals surface area contributed by atoms with E-state index in [0.717, 1.165) is 24.7 Å². The Balaban J connectivity index is 0.000000487. The van der Waals surface area contributed by atoms with E-state index in [9.17, 15) is 13.0 Å². The maximum atomic E-state index is 9.22. The minimum Gasteiger partial charge on any atom is -0.726 e. The number of likely N-dealkylation sites (N-methyl/N-ethyl adjacent to an activating group) is 1. The summed E-state index contributed by atoms with van der Waals surface area (Å²) in [4.78, 5) is 0. The summed E-state index contributed by atoms with van der Waals surface area (Å²) in [7, 11) is 2.95. The largest absolute Gasteiger partial charge is 0.726 e. The summed E-state index contributed by atoms with van der Waals surface area (Å²) in [6, 6.07) is 20.8. The van der Waals surface area contributed by atoms with Crippen LogP contribution in [-0.2, 0) is 19.3 Å².